The van der Waals surface area contributed by atoms with Gasteiger partial charge in [-0.25, -0.2) is 0 Å². The van der Waals surface area contributed by atoms with Crippen LogP contribution in [0.15, 0.2) is 18.2 Å². The maximum Gasteiger partial charge on any atom is 0.416 e. The molecule has 11 heteroatoms. The molecular formula is C17H22F3N3O5. The lowest BCUT2D eigenvalue weighted by Crippen LogP contribution is -2.37. The Morgan fingerprint density at radius 2 is 1.89 bits per heavy atom. The molecular weight excluding hydrogens is 383 g/mol. The zero-order valence-electron chi connectivity index (χ0n) is 15.5. The van der Waals surface area contributed by atoms with Crippen molar-refractivity contribution >= 4 is 23.3 Å². The first-order valence-electron chi connectivity index (χ1n) is 8.62. The van der Waals surface area contributed by atoms with E-state index < -0.39 is 40.8 Å². The van der Waals surface area contributed by atoms with Gasteiger partial charge >= 0.3 is 12.1 Å². The molecule has 0 heterocycles. The summed E-state index contributed by atoms with van der Waals surface area (Å²) in [4.78, 5) is 33.3. The number of halogens is 3. The van der Waals surface area contributed by atoms with Crippen LogP contribution < -0.4 is 10.6 Å². The van der Waals surface area contributed by atoms with E-state index in [1.165, 1.54) is 0 Å². The van der Waals surface area contributed by atoms with Gasteiger partial charge in [0.05, 0.1) is 16.9 Å². The first-order valence-corrected chi connectivity index (χ1v) is 8.62. The summed E-state index contributed by atoms with van der Waals surface area (Å²) >= 11 is 0. The molecule has 0 aliphatic rings. The highest BCUT2D eigenvalue weighted by atomic mass is 19.4. The van der Waals surface area contributed by atoms with Crippen molar-refractivity contribution in [1.82, 2.24) is 5.32 Å². The van der Waals surface area contributed by atoms with Gasteiger partial charge in [-0.15, -0.1) is 0 Å². The monoisotopic (exact) mass is 405 g/mol. The number of anilines is 1. The van der Waals surface area contributed by atoms with E-state index in [1.54, 1.807) is 0 Å². The minimum absolute atomic E-state index is 0.00640. The highest BCUT2D eigenvalue weighted by molar-refractivity contribution is 5.80. The summed E-state index contributed by atoms with van der Waals surface area (Å²) in [6.07, 6.45) is -3.45. The fraction of sp³-hybridized carbons (Fsp3) is 0.529. The minimum atomic E-state index is -4.71. The smallest absolute Gasteiger partial charge is 0.416 e. The molecule has 28 heavy (non-hydrogen) atoms. The van der Waals surface area contributed by atoms with Gasteiger partial charge in [-0.3, -0.25) is 19.7 Å². The van der Waals surface area contributed by atoms with E-state index in [9.17, 15) is 32.9 Å². The molecule has 0 aliphatic heterocycles. The van der Waals surface area contributed by atoms with Crippen LogP contribution in [0.4, 0.5) is 24.5 Å². The van der Waals surface area contributed by atoms with E-state index >= 15 is 0 Å². The van der Waals surface area contributed by atoms with Gasteiger partial charge in [0.25, 0.3) is 11.6 Å². The Balaban J connectivity index is 2.53. The zero-order valence-corrected chi connectivity index (χ0v) is 15.5. The lowest BCUT2D eigenvalue weighted by atomic mass is 10.1. The van der Waals surface area contributed by atoms with E-state index in [4.69, 9.17) is 4.74 Å². The Hall–Kier alpha value is -2.85. The van der Waals surface area contributed by atoms with Gasteiger partial charge in [0.1, 0.15) is 5.69 Å². The number of ether oxygens (including phenoxy) is 1. The maximum absolute atomic E-state index is 12.7. The van der Waals surface area contributed by atoms with Crippen molar-refractivity contribution in [3.63, 3.8) is 0 Å². The van der Waals surface area contributed by atoms with Gasteiger partial charge < -0.3 is 15.4 Å². The number of nitro benzene ring substituents is 1. The Morgan fingerprint density at radius 1 is 1.25 bits per heavy atom. The van der Waals surface area contributed by atoms with Crippen LogP contribution >= 0.6 is 0 Å². The van der Waals surface area contributed by atoms with Crippen LogP contribution in [0.3, 0.4) is 0 Å². The van der Waals surface area contributed by atoms with Crippen molar-refractivity contribution in [1.29, 1.82) is 0 Å². The molecule has 0 spiro atoms. The Kier molecular flexibility index (Phi) is 8.68. The second-order valence-electron chi connectivity index (χ2n) is 5.91. The number of nitrogens with zero attached hydrogens (tertiary/aromatic N) is 1. The van der Waals surface area contributed by atoms with Crippen LogP contribution in [0.5, 0.6) is 0 Å². The lowest BCUT2D eigenvalue weighted by Gasteiger charge is -2.14. The third kappa shape index (κ3) is 7.41. The summed E-state index contributed by atoms with van der Waals surface area (Å²) in [5.74, 6) is -1.16. The van der Waals surface area contributed by atoms with Crippen molar-refractivity contribution in [3.05, 3.63) is 33.9 Å². The molecule has 0 fully saturated rings. The number of benzene rings is 1. The third-order valence-corrected chi connectivity index (χ3v) is 3.88. The Labute approximate surface area is 159 Å². The molecule has 1 rings (SSSR count). The maximum atomic E-state index is 12.7. The van der Waals surface area contributed by atoms with E-state index in [2.05, 4.69) is 10.6 Å². The highest BCUT2D eigenvalue weighted by Gasteiger charge is 2.33. The van der Waals surface area contributed by atoms with Crippen molar-refractivity contribution in [2.75, 3.05) is 18.5 Å². The summed E-state index contributed by atoms with van der Waals surface area (Å²) < 4.78 is 42.8. The highest BCUT2D eigenvalue weighted by Crippen LogP contribution is 2.34. The minimum Gasteiger partial charge on any atom is -0.456 e. The molecule has 2 N–H and O–H groups in total. The first kappa shape index (κ1) is 23.2. The number of hydrogen-bond donors (Lipinski definition) is 2. The van der Waals surface area contributed by atoms with E-state index in [0.29, 0.717) is 12.1 Å². The zero-order chi connectivity index (χ0) is 21.3. The van der Waals surface area contributed by atoms with Crippen molar-refractivity contribution in [3.8, 4) is 0 Å². The van der Waals surface area contributed by atoms with Crippen LogP contribution in [-0.2, 0) is 20.5 Å². The van der Waals surface area contributed by atoms with Gasteiger partial charge in [-0.05, 0) is 25.0 Å². The molecule has 0 aliphatic carbocycles. The molecule has 0 aromatic heterocycles. The van der Waals surface area contributed by atoms with Crippen LogP contribution in [0.1, 0.15) is 38.7 Å². The van der Waals surface area contributed by atoms with E-state index in [1.807, 2.05) is 13.8 Å². The van der Waals surface area contributed by atoms with Crippen molar-refractivity contribution in [2.24, 2.45) is 0 Å². The molecule has 0 unspecified atom stereocenters. The third-order valence-electron chi connectivity index (χ3n) is 3.88. The van der Waals surface area contributed by atoms with E-state index in [0.717, 1.165) is 18.9 Å². The molecule has 0 bridgehead atoms. The molecule has 0 atom stereocenters. The standard InChI is InChI=1S/C17H22F3N3O5/c1-3-12(4-2)22-15(24)10-28-16(25)7-8-21-13-6-5-11(17(18,19)20)9-14(13)23(26)27/h5-6,9,12,21H,3-4,7-8,10H2,1-2H3,(H,22,24). The van der Waals surface area contributed by atoms with Gasteiger partial charge in [0.2, 0.25) is 0 Å². The number of carbonyl (C=O) groups is 2. The quantitative estimate of drug-likeness (QED) is 0.351. The number of alkyl halides is 3. The number of nitro groups is 1. The fourth-order valence-corrected chi connectivity index (χ4v) is 2.29. The van der Waals surface area contributed by atoms with Gasteiger partial charge in [0.15, 0.2) is 6.61 Å². The number of rotatable bonds is 10. The molecule has 0 saturated heterocycles. The average molecular weight is 405 g/mol. The topological polar surface area (TPSA) is 111 Å². The molecule has 0 radical (unpaired) electrons. The predicted octanol–water partition coefficient (Wildman–Crippen LogP) is 3.26. The largest absolute Gasteiger partial charge is 0.456 e. The number of esters is 1. The summed E-state index contributed by atoms with van der Waals surface area (Å²) in [7, 11) is 0. The summed E-state index contributed by atoms with van der Waals surface area (Å²) in [5.41, 5.74) is -2.06. The van der Waals surface area contributed by atoms with E-state index in [-0.39, 0.29) is 24.7 Å². The number of carbonyl (C=O) groups excluding carboxylic acids is 2. The SMILES string of the molecule is CCC(CC)NC(=O)COC(=O)CCNc1ccc(C(F)(F)F)cc1[N+](=O)[O-]. The van der Waals surface area contributed by atoms with Crippen molar-refractivity contribution < 1.29 is 32.4 Å². The van der Waals surface area contributed by atoms with Crippen LogP contribution in [0.25, 0.3) is 0 Å². The molecule has 1 aromatic rings. The molecule has 156 valence electrons. The summed E-state index contributed by atoms with van der Waals surface area (Å²) in [6, 6.07) is 2.04. The Morgan fingerprint density at radius 3 is 2.43 bits per heavy atom. The van der Waals surface area contributed by atoms with Crippen molar-refractivity contribution in [2.45, 2.75) is 45.3 Å². The van der Waals surface area contributed by atoms with Gasteiger partial charge in [-0.1, -0.05) is 13.8 Å². The van der Waals surface area contributed by atoms with Crippen LogP contribution in [-0.4, -0.2) is 36.0 Å². The fourth-order valence-electron chi connectivity index (χ4n) is 2.29. The lowest BCUT2D eigenvalue weighted by molar-refractivity contribution is -0.384. The Bertz CT molecular complexity index is 706. The van der Waals surface area contributed by atoms with Gasteiger partial charge in [0, 0.05) is 18.7 Å². The van der Waals surface area contributed by atoms with Crippen LogP contribution in [0.2, 0.25) is 0 Å². The second kappa shape index (κ2) is 10.5. The average Bonchev–Trinajstić information content (AvgIpc) is 2.63. The second-order valence-corrected chi connectivity index (χ2v) is 5.91. The normalized spacial score (nSPS) is 11.2. The molecule has 8 nitrogen and oxygen atoms in total. The predicted molar refractivity (Wildman–Crippen MR) is 94.7 cm³/mol. The molecule has 1 amide bonds. The summed E-state index contributed by atoms with van der Waals surface area (Å²) in [5, 5.41) is 16.2. The molecule has 0 saturated carbocycles. The number of hydrogen-bond acceptors (Lipinski definition) is 6. The van der Waals surface area contributed by atoms with Crippen LogP contribution in [0, 0.1) is 10.1 Å². The van der Waals surface area contributed by atoms with Gasteiger partial charge in [-0.2, -0.15) is 13.2 Å². The summed E-state index contributed by atoms with van der Waals surface area (Å²) in [6.45, 7) is 3.26. The molecule has 1 aromatic carbocycles. The first-order chi connectivity index (χ1) is 13.1. The number of amides is 1. The number of nitrogens with one attached hydrogen (secondary N) is 2.